The maximum atomic E-state index is 11.9. The first-order valence-corrected chi connectivity index (χ1v) is 6.64. The van der Waals surface area contributed by atoms with E-state index in [0.29, 0.717) is 36.7 Å². The average molecular weight is 288 g/mol. The van der Waals surface area contributed by atoms with Crippen molar-refractivity contribution in [3.8, 4) is 11.8 Å². The van der Waals surface area contributed by atoms with Crippen molar-refractivity contribution < 1.29 is 14.3 Å². The number of hydrogen-bond donors (Lipinski definition) is 2. The van der Waals surface area contributed by atoms with Crippen LogP contribution in [0.3, 0.4) is 0 Å². The van der Waals surface area contributed by atoms with Crippen LogP contribution in [0.2, 0.25) is 0 Å². The van der Waals surface area contributed by atoms with Crippen LogP contribution in [0.25, 0.3) is 0 Å². The van der Waals surface area contributed by atoms with Crippen molar-refractivity contribution in [2.24, 2.45) is 0 Å². The number of nitrogens with one attached hydrogen (secondary N) is 2. The van der Waals surface area contributed by atoms with Crippen molar-refractivity contribution in [1.29, 1.82) is 5.26 Å². The number of imide groups is 1. The second kappa shape index (κ2) is 6.61. The molecule has 0 unspecified atom stereocenters. The molecule has 2 rings (SSSR count). The Morgan fingerprint density at radius 2 is 2.38 bits per heavy atom. The van der Waals surface area contributed by atoms with Gasteiger partial charge in [-0.1, -0.05) is 0 Å². The van der Waals surface area contributed by atoms with E-state index in [2.05, 4.69) is 10.6 Å². The highest BCUT2D eigenvalue weighted by Crippen LogP contribution is 2.25. The third kappa shape index (κ3) is 3.42. The summed E-state index contributed by atoms with van der Waals surface area (Å²) in [5, 5.41) is 14.4. The third-order valence-electron chi connectivity index (χ3n) is 3.00. The SMILES string of the molecule is CCOc1ccc(C#N)cc1NCC(=O)N1CCNC1=O. The Bertz CT molecular complexity index is 594. The Morgan fingerprint density at radius 1 is 1.57 bits per heavy atom. The molecule has 2 N–H and O–H groups in total. The summed E-state index contributed by atoms with van der Waals surface area (Å²) >= 11 is 0. The number of ether oxygens (including phenoxy) is 1. The minimum absolute atomic E-state index is 0.0393. The summed E-state index contributed by atoms with van der Waals surface area (Å²) in [7, 11) is 0. The average Bonchev–Trinajstić information content (AvgIpc) is 2.92. The van der Waals surface area contributed by atoms with Crippen LogP contribution in [0.5, 0.6) is 5.75 Å². The van der Waals surface area contributed by atoms with Crippen LogP contribution >= 0.6 is 0 Å². The normalized spacial score (nSPS) is 13.5. The number of rotatable bonds is 5. The van der Waals surface area contributed by atoms with Gasteiger partial charge in [-0.15, -0.1) is 0 Å². The summed E-state index contributed by atoms with van der Waals surface area (Å²) in [6, 6.07) is 6.59. The van der Waals surface area contributed by atoms with Crippen molar-refractivity contribution in [1.82, 2.24) is 10.2 Å². The number of nitrogens with zero attached hydrogens (tertiary/aromatic N) is 2. The first-order valence-electron chi connectivity index (χ1n) is 6.64. The number of anilines is 1. The Balaban J connectivity index is 2.06. The summed E-state index contributed by atoms with van der Waals surface area (Å²) in [5.74, 6) is 0.241. The van der Waals surface area contributed by atoms with Gasteiger partial charge in [0.1, 0.15) is 5.75 Å². The summed E-state index contributed by atoms with van der Waals surface area (Å²) in [5.41, 5.74) is 1.02. The van der Waals surface area contributed by atoms with Crippen LogP contribution in [0.4, 0.5) is 10.5 Å². The lowest BCUT2D eigenvalue weighted by atomic mass is 10.2. The Morgan fingerprint density at radius 3 is 3.00 bits per heavy atom. The lowest BCUT2D eigenvalue weighted by Crippen LogP contribution is -2.38. The maximum Gasteiger partial charge on any atom is 0.324 e. The number of carbonyl (C=O) groups is 2. The fourth-order valence-corrected chi connectivity index (χ4v) is 1.99. The number of amides is 3. The summed E-state index contributed by atoms with van der Waals surface area (Å²) < 4.78 is 5.44. The van der Waals surface area contributed by atoms with E-state index >= 15 is 0 Å². The Kier molecular flexibility index (Phi) is 4.61. The molecule has 110 valence electrons. The quantitative estimate of drug-likeness (QED) is 0.840. The second-order valence-electron chi connectivity index (χ2n) is 4.39. The highest BCUT2D eigenvalue weighted by Gasteiger charge is 2.25. The van der Waals surface area contributed by atoms with Gasteiger partial charge in [-0.2, -0.15) is 5.26 Å². The lowest BCUT2D eigenvalue weighted by Gasteiger charge is -2.15. The summed E-state index contributed by atoms with van der Waals surface area (Å²) in [6.07, 6.45) is 0. The van der Waals surface area contributed by atoms with E-state index in [-0.39, 0.29) is 18.5 Å². The molecular weight excluding hydrogens is 272 g/mol. The second-order valence-corrected chi connectivity index (χ2v) is 4.39. The molecule has 1 aliphatic heterocycles. The number of nitriles is 1. The van der Waals surface area contributed by atoms with Gasteiger partial charge in [0.05, 0.1) is 30.5 Å². The molecule has 0 bridgehead atoms. The number of benzene rings is 1. The highest BCUT2D eigenvalue weighted by atomic mass is 16.5. The predicted octanol–water partition coefficient (Wildman–Crippen LogP) is 0.921. The van der Waals surface area contributed by atoms with Crippen LogP contribution in [0.1, 0.15) is 12.5 Å². The molecule has 0 spiro atoms. The van der Waals surface area contributed by atoms with Crippen molar-refractivity contribution in [2.75, 3.05) is 31.6 Å². The maximum absolute atomic E-state index is 11.9. The molecule has 0 aliphatic carbocycles. The van der Waals surface area contributed by atoms with Crippen LogP contribution < -0.4 is 15.4 Å². The Labute approximate surface area is 122 Å². The van der Waals surface area contributed by atoms with Crippen molar-refractivity contribution in [2.45, 2.75) is 6.92 Å². The molecule has 7 heteroatoms. The van der Waals surface area contributed by atoms with Gasteiger partial charge in [-0.25, -0.2) is 4.79 Å². The van der Waals surface area contributed by atoms with Crippen molar-refractivity contribution in [3.05, 3.63) is 23.8 Å². The predicted molar refractivity (Wildman–Crippen MR) is 75.9 cm³/mol. The first kappa shape index (κ1) is 14.7. The Hall–Kier alpha value is -2.75. The van der Waals surface area contributed by atoms with Gasteiger partial charge in [-0.05, 0) is 25.1 Å². The molecule has 0 aromatic heterocycles. The summed E-state index contributed by atoms with van der Waals surface area (Å²) in [4.78, 5) is 24.5. The zero-order chi connectivity index (χ0) is 15.2. The molecule has 0 saturated carbocycles. The van der Waals surface area contributed by atoms with E-state index in [9.17, 15) is 9.59 Å². The van der Waals surface area contributed by atoms with Crippen molar-refractivity contribution in [3.63, 3.8) is 0 Å². The smallest absolute Gasteiger partial charge is 0.324 e. The molecule has 1 aliphatic rings. The molecule has 3 amide bonds. The van der Waals surface area contributed by atoms with Crippen molar-refractivity contribution >= 4 is 17.6 Å². The minimum atomic E-state index is -0.377. The number of hydrogen-bond acceptors (Lipinski definition) is 5. The van der Waals surface area contributed by atoms with Gasteiger partial charge in [0.15, 0.2) is 0 Å². The third-order valence-corrected chi connectivity index (χ3v) is 3.00. The molecular formula is C14H16N4O3. The lowest BCUT2D eigenvalue weighted by molar-refractivity contribution is -0.125. The molecule has 21 heavy (non-hydrogen) atoms. The van der Waals surface area contributed by atoms with E-state index in [4.69, 9.17) is 10.00 Å². The van der Waals surface area contributed by atoms with Gasteiger partial charge in [0, 0.05) is 13.1 Å². The standard InChI is InChI=1S/C14H16N4O3/c1-2-21-12-4-3-10(8-15)7-11(12)17-9-13(19)18-6-5-16-14(18)20/h3-4,7,17H,2,5-6,9H2,1H3,(H,16,20). The molecule has 1 saturated heterocycles. The van der Waals surface area contributed by atoms with Gasteiger partial charge in [0.25, 0.3) is 0 Å². The molecule has 0 radical (unpaired) electrons. The largest absolute Gasteiger partial charge is 0.492 e. The van der Waals surface area contributed by atoms with Gasteiger partial charge in [0.2, 0.25) is 5.91 Å². The summed E-state index contributed by atoms with van der Waals surface area (Å²) in [6.45, 7) is 3.13. The van der Waals surface area contributed by atoms with E-state index in [1.807, 2.05) is 13.0 Å². The fraction of sp³-hybridized carbons (Fsp3) is 0.357. The highest BCUT2D eigenvalue weighted by molar-refractivity contribution is 5.97. The van der Waals surface area contributed by atoms with Crippen LogP contribution in [0, 0.1) is 11.3 Å². The zero-order valence-corrected chi connectivity index (χ0v) is 11.7. The molecule has 1 aromatic rings. The van der Waals surface area contributed by atoms with E-state index in [1.54, 1.807) is 18.2 Å². The molecule has 0 atom stereocenters. The van der Waals surface area contributed by atoms with E-state index in [0.717, 1.165) is 4.90 Å². The van der Waals surface area contributed by atoms with E-state index < -0.39 is 0 Å². The van der Waals surface area contributed by atoms with E-state index in [1.165, 1.54) is 0 Å². The topological polar surface area (TPSA) is 94.5 Å². The number of urea groups is 1. The number of carbonyl (C=O) groups excluding carboxylic acids is 2. The molecule has 1 aromatic carbocycles. The first-order chi connectivity index (χ1) is 10.2. The van der Waals surface area contributed by atoms with Gasteiger partial charge >= 0.3 is 6.03 Å². The molecule has 1 heterocycles. The van der Waals surface area contributed by atoms with Gasteiger partial charge in [-0.3, -0.25) is 9.69 Å². The molecule has 7 nitrogen and oxygen atoms in total. The zero-order valence-electron chi connectivity index (χ0n) is 11.7. The van der Waals surface area contributed by atoms with Gasteiger partial charge < -0.3 is 15.4 Å². The molecule has 1 fully saturated rings. The fourth-order valence-electron chi connectivity index (χ4n) is 1.99. The van der Waals surface area contributed by atoms with Crippen LogP contribution in [-0.2, 0) is 4.79 Å². The van der Waals surface area contributed by atoms with Crippen LogP contribution in [0.15, 0.2) is 18.2 Å². The van der Waals surface area contributed by atoms with Crippen LogP contribution in [-0.4, -0.2) is 43.1 Å². The monoisotopic (exact) mass is 288 g/mol. The minimum Gasteiger partial charge on any atom is -0.492 e.